The van der Waals surface area contributed by atoms with Crippen LogP contribution in [0.1, 0.15) is 56.0 Å². The Balaban J connectivity index is 1.39. The fourth-order valence-electron chi connectivity index (χ4n) is 5.95. The molecule has 3 aliphatic rings. The molecular weight excluding hydrogens is 378 g/mol. The molecule has 4 rings (SSSR count). The van der Waals surface area contributed by atoms with Gasteiger partial charge in [-0.15, -0.1) is 0 Å². The van der Waals surface area contributed by atoms with Crippen molar-refractivity contribution in [3.8, 4) is 0 Å². The van der Waals surface area contributed by atoms with Crippen molar-refractivity contribution < 1.29 is 14.3 Å². The highest BCUT2D eigenvalue weighted by Gasteiger charge is 2.51. The Morgan fingerprint density at radius 1 is 1.10 bits per heavy atom. The lowest BCUT2D eigenvalue weighted by Crippen LogP contribution is -2.46. The molecule has 2 bridgehead atoms. The average molecular weight is 414 g/mol. The summed E-state index contributed by atoms with van der Waals surface area (Å²) < 4.78 is 5.32. The molecule has 0 aromatic heterocycles. The molecule has 2 atom stereocenters. The van der Waals surface area contributed by atoms with Crippen molar-refractivity contribution in [2.24, 2.45) is 10.8 Å². The van der Waals surface area contributed by atoms with Crippen LogP contribution in [0.2, 0.25) is 0 Å². The van der Waals surface area contributed by atoms with Gasteiger partial charge in [-0.2, -0.15) is 0 Å². The van der Waals surface area contributed by atoms with Crippen molar-refractivity contribution in [3.63, 3.8) is 0 Å². The fraction of sp³-hybridized carbons (Fsp3) is 0.667. The summed E-state index contributed by atoms with van der Waals surface area (Å²) in [4.78, 5) is 31.5. The van der Waals surface area contributed by atoms with Gasteiger partial charge in [-0.25, -0.2) is 4.79 Å². The molecule has 2 heterocycles. The summed E-state index contributed by atoms with van der Waals surface area (Å²) in [5.41, 5.74) is 2.32. The Morgan fingerprint density at radius 3 is 2.43 bits per heavy atom. The van der Waals surface area contributed by atoms with Gasteiger partial charge in [0.1, 0.15) is 0 Å². The van der Waals surface area contributed by atoms with Crippen LogP contribution in [0.5, 0.6) is 0 Å². The number of hydrogen-bond donors (Lipinski definition) is 0. The van der Waals surface area contributed by atoms with Gasteiger partial charge in [-0.3, -0.25) is 4.79 Å². The van der Waals surface area contributed by atoms with Crippen LogP contribution in [0.4, 0.5) is 4.79 Å². The third-order valence-corrected chi connectivity index (χ3v) is 6.90. The lowest BCUT2D eigenvalue weighted by atomic mass is 9.65. The molecule has 2 saturated heterocycles. The summed E-state index contributed by atoms with van der Waals surface area (Å²) in [6.45, 7) is 10.9. The van der Waals surface area contributed by atoms with Crippen LogP contribution in [0.25, 0.3) is 0 Å². The van der Waals surface area contributed by atoms with Crippen molar-refractivity contribution in [1.82, 2.24) is 14.7 Å². The van der Waals surface area contributed by atoms with E-state index in [2.05, 4.69) is 25.7 Å². The maximum atomic E-state index is 13.2. The van der Waals surface area contributed by atoms with Gasteiger partial charge >= 0.3 is 6.03 Å². The molecule has 30 heavy (non-hydrogen) atoms. The number of benzene rings is 1. The first-order valence-corrected chi connectivity index (χ1v) is 11.1. The third kappa shape index (κ3) is 4.34. The van der Waals surface area contributed by atoms with E-state index in [1.165, 1.54) is 6.42 Å². The number of amides is 3. The standard InChI is InChI=1S/C24H35N3O3/c1-23(2)13-20-14-24(3,16-23)17-27(20)21(28)19-7-5-18(6-8-19)15-25(4)22(29)26-9-11-30-12-10-26/h5-8,20H,9-17H2,1-4H3/t20-,24?/m1/s1. The number of likely N-dealkylation sites (tertiary alicyclic amines) is 1. The second kappa shape index (κ2) is 7.88. The summed E-state index contributed by atoms with van der Waals surface area (Å²) in [5, 5.41) is 0. The van der Waals surface area contributed by atoms with Crippen molar-refractivity contribution in [1.29, 1.82) is 0 Å². The van der Waals surface area contributed by atoms with E-state index in [0.29, 0.717) is 44.3 Å². The zero-order chi connectivity index (χ0) is 21.5. The molecule has 0 spiro atoms. The van der Waals surface area contributed by atoms with Gasteiger partial charge in [0.15, 0.2) is 0 Å². The topological polar surface area (TPSA) is 53.1 Å². The number of carbonyl (C=O) groups is 2. The van der Waals surface area contributed by atoms with Crippen LogP contribution in [0, 0.1) is 10.8 Å². The highest BCUT2D eigenvalue weighted by Crippen LogP contribution is 2.52. The zero-order valence-corrected chi connectivity index (χ0v) is 18.8. The van der Waals surface area contributed by atoms with Crippen LogP contribution in [0.3, 0.4) is 0 Å². The Labute approximate surface area is 180 Å². The number of fused-ring (bicyclic) bond motifs is 2. The minimum absolute atomic E-state index is 0.0265. The predicted molar refractivity (Wildman–Crippen MR) is 116 cm³/mol. The van der Waals surface area contributed by atoms with Gasteiger partial charge in [0.25, 0.3) is 5.91 Å². The minimum atomic E-state index is 0.0265. The largest absolute Gasteiger partial charge is 0.378 e. The van der Waals surface area contributed by atoms with Crippen LogP contribution in [-0.4, -0.2) is 72.6 Å². The molecule has 1 aromatic carbocycles. The molecule has 0 radical (unpaired) electrons. The van der Waals surface area contributed by atoms with E-state index in [-0.39, 0.29) is 17.4 Å². The number of nitrogens with zero attached hydrogens (tertiary/aromatic N) is 3. The summed E-state index contributed by atoms with van der Waals surface area (Å²) >= 11 is 0. The SMILES string of the molecule is CN(Cc1ccc(C(=O)N2CC3(C)C[C@H]2CC(C)(C)C3)cc1)C(=O)N1CCOCC1. The van der Waals surface area contributed by atoms with E-state index < -0.39 is 0 Å². The van der Waals surface area contributed by atoms with Crippen molar-refractivity contribution >= 4 is 11.9 Å². The van der Waals surface area contributed by atoms with E-state index in [1.54, 1.807) is 4.90 Å². The van der Waals surface area contributed by atoms with Crippen molar-refractivity contribution in [2.75, 3.05) is 39.9 Å². The average Bonchev–Trinajstić information content (AvgIpc) is 2.96. The maximum Gasteiger partial charge on any atom is 0.320 e. The van der Waals surface area contributed by atoms with Crippen LogP contribution >= 0.6 is 0 Å². The van der Waals surface area contributed by atoms with E-state index in [1.807, 2.05) is 36.2 Å². The predicted octanol–water partition coefficient (Wildman–Crippen LogP) is 3.61. The van der Waals surface area contributed by atoms with Crippen LogP contribution < -0.4 is 0 Å². The van der Waals surface area contributed by atoms with Gasteiger partial charge in [-0.05, 0) is 47.8 Å². The van der Waals surface area contributed by atoms with Gasteiger partial charge in [0.2, 0.25) is 0 Å². The second-order valence-electron chi connectivity index (χ2n) is 10.6. The van der Waals surface area contributed by atoms with Gasteiger partial charge in [-0.1, -0.05) is 32.9 Å². The Morgan fingerprint density at radius 2 is 1.77 bits per heavy atom. The Hall–Kier alpha value is -2.08. The minimum Gasteiger partial charge on any atom is -0.378 e. The molecule has 6 heteroatoms. The maximum absolute atomic E-state index is 13.2. The van der Waals surface area contributed by atoms with Crippen LogP contribution in [-0.2, 0) is 11.3 Å². The number of urea groups is 1. The first kappa shape index (κ1) is 21.2. The van der Waals surface area contributed by atoms with E-state index in [9.17, 15) is 9.59 Å². The highest BCUT2D eigenvalue weighted by molar-refractivity contribution is 5.94. The van der Waals surface area contributed by atoms with E-state index in [0.717, 1.165) is 30.5 Å². The lowest BCUT2D eigenvalue weighted by Gasteiger charge is -2.39. The molecule has 164 valence electrons. The van der Waals surface area contributed by atoms with Crippen molar-refractivity contribution in [3.05, 3.63) is 35.4 Å². The fourth-order valence-corrected chi connectivity index (χ4v) is 5.95. The van der Waals surface area contributed by atoms with Gasteiger partial charge in [0, 0.05) is 44.8 Å². The van der Waals surface area contributed by atoms with Gasteiger partial charge in [0.05, 0.1) is 13.2 Å². The van der Waals surface area contributed by atoms with E-state index in [4.69, 9.17) is 4.74 Å². The summed E-state index contributed by atoms with van der Waals surface area (Å²) in [6, 6.07) is 8.16. The van der Waals surface area contributed by atoms with E-state index >= 15 is 0 Å². The molecule has 6 nitrogen and oxygen atoms in total. The Kier molecular flexibility index (Phi) is 5.56. The number of carbonyl (C=O) groups excluding carboxylic acids is 2. The molecule has 1 aromatic rings. The second-order valence-corrected chi connectivity index (χ2v) is 10.6. The first-order chi connectivity index (χ1) is 14.2. The monoisotopic (exact) mass is 413 g/mol. The normalized spacial score (nSPS) is 27.8. The molecular formula is C24H35N3O3. The molecule has 1 saturated carbocycles. The Bertz CT molecular complexity index is 800. The third-order valence-electron chi connectivity index (χ3n) is 6.90. The summed E-state index contributed by atoms with van der Waals surface area (Å²) in [5.74, 6) is 0.144. The highest BCUT2D eigenvalue weighted by atomic mass is 16.5. The first-order valence-electron chi connectivity index (χ1n) is 11.1. The van der Waals surface area contributed by atoms with Crippen molar-refractivity contribution in [2.45, 2.75) is 52.6 Å². The quantitative estimate of drug-likeness (QED) is 0.761. The lowest BCUT2D eigenvalue weighted by molar-refractivity contribution is 0.0448. The molecule has 2 aliphatic heterocycles. The molecule has 1 unspecified atom stereocenters. The summed E-state index contributed by atoms with van der Waals surface area (Å²) in [7, 11) is 1.82. The summed E-state index contributed by atoms with van der Waals surface area (Å²) in [6.07, 6.45) is 3.39. The smallest absolute Gasteiger partial charge is 0.320 e. The number of ether oxygens (including phenoxy) is 1. The van der Waals surface area contributed by atoms with Crippen LogP contribution in [0.15, 0.2) is 24.3 Å². The molecule has 3 amide bonds. The number of hydrogen-bond acceptors (Lipinski definition) is 3. The molecule has 1 aliphatic carbocycles. The number of morpholine rings is 1. The number of rotatable bonds is 3. The molecule has 3 fully saturated rings. The molecule has 0 N–H and O–H groups in total. The zero-order valence-electron chi connectivity index (χ0n) is 18.8. The van der Waals surface area contributed by atoms with Gasteiger partial charge < -0.3 is 19.4 Å².